The van der Waals surface area contributed by atoms with E-state index >= 15 is 0 Å². The number of hydrogen-bond acceptors (Lipinski definition) is 2. The maximum Gasteiger partial charge on any atom is 0.252 e. The molecule has 4 nitrogen and oxygen atoms in total. The van der Waals surface area contributed by atoms with Crippen molar-refractivity contribution in [3.63, 3.8) is 0 Å². The van der Waals surface area contributed by atoms with E-state index in [4.69, 9.17) is 0 Å². The van der Waals surface area contributed by atoms with Crippen LogP contribution in [0, 0.1) is 0 Å². The van der Waals surface area contributed by atoms with Gasteiger partial charge in [0, 0.05) is 61.4 Å². The zero-order valence-electron chi connectivity index (χ0n) is 49.0. The molecule has 0 amide bonds. The van der Waals surface area contributed by atoms with E-state index in [2.05, 4.69) is 340 Å². The van der Waals surface area contributed by atoms with Gasteiger partial charge in [-0.25, -0.2) is 0 Å². The summed E-state index contributed by atoms with van der Waals surface area (Å²) < 4.78 is 4.97. The molecule has 4 heterocycles. The van der Waals surface area contributed by atoms with Crippen LogP contribution in [0.1, 0.15) is 22.3 Å². The number of aromatic nitrogens is 2. The Morgan fingerprint density at radius 1 is 0.233 bits per heavy atom. The average Bonchev–Trinajstić information content (AvgIpc) is 1.70. The first kappa shape index (κ1) is 49.5. The summed E-state index contributed by atoms with van der Waals surface area (Å²) in [5.41, 5.74) is 32.2. The Morgan fingerprint density at radius 2 is 0.622 bits per heavy atom. The summed E-state index contributed by atoms with van der Waals surface area (Å²) in [7, 11) is 0. The molecule has 0 N–H and O–H groups in total. The topological polar surface area (TPSA) is 16.3 Å². The lowest BCUT2D eigenvalue weighted by molar-refractivity contribution is 0.794. The van der Waals surface area contributed by atoms with Gasteiger partial charge in [-0.3, -0.25) is 0 Å². The van der Waals surface area contributed by atoms with Crippen molar-refractivity contribution in [2.24, 2.45) is 0 Å². The number of anilines is 6. The maximum atomic E-state index is 2.62. The van der Waals surface area contributed by atoms with Gasteiger partial charge in [-0.15, -0.1) is 0 Å². The van der Waals surface area contributed by atoms with Crippen LogP contribution in [0.2, 0.25) is 0 Å². The van der Waals surface area contributed by atoms with Gasteiger partial charge in [-0.1, -0.05) is 243 Å². The van der Waals surface area contributed by atoms with E-state index in [0.717, 1.165) is 56.5 Å². The third kappa shape index (κ3) is 6.70. The fourth-order valence-electron chi connectivity index (χ4n) is 16.7. The Morgan fingerprint density at radius 3 is 1.11 bits per heavy atom. The molecule has 2 aliphatic heterocycles. The summed E-state index contributed by atoms with van der Waals surface area (Å²) in [6.45, 7) is -0.169. The second kappa shape index (κ2) is 18.7. The minimum atomic E-state index is -0.475. The average molecular weight is 1140 g/mol. The van der Waals surface area contributed by atoms with Crippen LogP contribution in [0.4, 0.5) is 34.1 Å². The van der Waals surface area contributed by atoms with Gasteiger partial charge < -0.3 is 18.9 Å². The highest BCUT2D eigenvalue weighted by atomic mass is 15.2. The van der Waals surface area contributed by atoms with Gasteiger partial charge in [0.2, 0.25) is 0 Å². The van der Waals surface area contributed by atoms with Crippen molar-refractivity contribution < 1.29 is 0 Å². The second-order valence-corrected chi connectivity index (χ2v) is 24.7. The van der Waals surface area contributed by atoms with Crippen LogP contribution in [0.5, 0.6) is 0 Å². The first-order valence-electron chi connectivity index (χ1n) is 31.4. The SMILES string of the molecule is c1ccc(-c2ccc3c(c2)B2c4cc(-c5ccccc5)ccc4N(c4ccc5c(c4)-c4ccccc4C54c5ccccc5-c5ccccc54)c4cc(-n5c6ccccc6c6ccccc65)cc(c42)N3c2cccc(-n3c4ccccc4c4ccccc43)c2)cc1. The Kier molecular flexibility index (Phi) is 10.3. The highest BCUT2D eigenvalue weighted by molar-refractivity contribution is 7.00. The third-order valence-corrected chi connectivity index (χ3v) is 20.3. The van der Waals surface area contributed by atoms with E-state index in [1.54, 1.807) is 0 Å². The number of rotatable bonds is 6. The number of benzene rings is 14. The molecule has 416 valence electrons. The molecular formula is C85H53BN4. The lowest BCUT2D eigenvalue weighted by Crippen LogP contribution is -2.61. The van der Waals surface area contributed by atoms with Crippen molar-refractivity contribution in [3.05, 3.63) is 344 Å². The summed E-state index contributed by atoms with van der Waals surface area (Å²) in [6, 6.07) is 121. The van der Waals surface area contributed by atoms with Crippen LogP contribution < -0.4 is 26.2 Å². The van der Waals surface area contributed by atoms with Gasteiger partial charge >= 0.3 is 0 Å². The third-order valence-electron chi connectivity index (χ3n) is 20.3. The summed E-state index contributed by atoms with van der Waals surface area (Å²) >= 11 is 0. The quantitative estimate of drug-likeness (QED) is 0.154. The van der Waals surface area contributed by atoms with Crippen molar-refractivity contribution in [1.82, 2.24) is 9.13 Å². The van der Waals surface area contributed by atoms with Crippen LogP contribution in [-0.4, -0.2) is 15.8 Å². The Labute approximate surface area is 521 Å². The molecule has 16 aromatic rings. The predicted octanol–water partition coefficient (Wildman–Crippen LogP) is 19.6. The molecule has 0 unspecified atom stereocenters. The van der Waals surface area contributed by atoms with E-state index in [1.165, 1.54) is 116 Å². The lowest BCUT2D eigenvalue weighted by Gasteiger charge is -2.45. The number of fused-ring (bicyclic) bond motifs is 20. The fourth-order valence-corrected chi connectivity index (χ4v) is 16.7. The zero-order valence-corrected chi connectivity index (χ0v) is 49.0. The van der Waals surface area contributed by atoms with Gasteiger partial charge in [-0.2, -0.15) is 0 Å². The van der Waals surface area contributed by atoms with Crippen LogP contribution in [0.15, 0.2) is 322 Å². The van der Waals surface area contributed by atoms with E-state index in [0.29, 0.717) is 0 Å². The van der Waals surface area contributed by atoms with Gasteiger partial charge in [-0.05, 0) is 162 Å². The van der Waals surface area contributed by atoms with E-state index in [-0.39, 0.29) is 6.71 Å². The summed E-state index contributed by atoms with van der Waals surface area (Å²) in [6.07, 6.45) is 0. The Hall–Kier alpha value is -11.7. The molecule has 0 saturated carbocycles. The molecule has 0 saturated heterocycles. The summed E-state index contributed by atoms with van der Waals surface area (Å²) in [5, 5.41) is 4.93. The highest BCUT2D eigenvalue weighted by Gasteiger charge is 2.52. The smallest absolute Gasteiger partial charge is 0.252 e. The molecule has 1 spiro atoms. The van der Waals surface area contributed by atoms with E-state index in [1.807, 2.05) is 0 Å². The highest BCUT2D eigenvalue weighted by Crippen LogP contribution is 2.63. The van der Waals surface area contributed by atoms with Crippen molar-refractivity contribution in [2.45, 2.75) is 5.41 Å². The first-order chi connectivity index (χ1) is 44.7. The fraction of sp³-hybridized carbons (Fsp3) is 0.0118. The van der Waals surface area contributed by atoms with Crippen LogP contribution in [0.3, 0.4) is 0 Å². The minimum absolute atomic E-state index is 0.169. The number of hydrogen-bond donors (Lipinski definition) is 0. The van der Waals surface area contributed by atoms with Crippen LogP contribution in [-0.2, 0) is 5.41 Å². The van der Waals surface area contributed by atoms with Gasteiger partial charge in [0.15, 0.2) is 0 Å². The Bertz CT molecular complexity index is 5560. The van der Waals surface area contributed by atoms with Gasteiger partial charge in [0.25, 0.3) is 6.71 Å². The number of nitrogens with zero attached hydrogens (tertiary/aromatic N) is 4. The van der Waals surface area contributed by atoms with Crippen molar-refractivity contribution in [1.29, 1.82) is 0 Å². The first-order valence-corrected chi connectivity index (χ1v) is 31.4. The molecule has 0 fully saturated rings. The standard InChI is InChI=1S/C85H53BN4/c1-3-22-54(23-4-1)56-42-46-80-74(48-56)86-75-49-57(55-24-5-2-6-25-55)43-47-81(75)89(60-44-45-73-69(51-60)64-30-9-16-37-72(64)85(73)70-35-14-7-28-62(70)63-29-8-15-36-71(63)85)83-53-61(90-78-40-19-12-33-67(78)68-34-13-20-41-79(68)90)52-82(84(83)86)88(80)59-27-21-26-58(50-59)87-76-38-17-10-31-65(76)66-32-11-18-39-77(66)87/h1-53H. The van der Waals surface area contributed by atoms with Gasteiger partial charge in [0.05, 0.1) is 33.2 Å². The maximum absolute atomic E-state index is 2.62. The molecule has 90 heavy (non-hydrogen) atoms. The molecule has 4 aliphatic rings. The van der Waals surface area contributed by atoms with Gasteiger partial charge in [0.1, 0.15) is 0 Å². The molecule has 0 atom stereocenters. The molecule has 0 radical (unpaired) electrons. The molecule has 2 aliphatic carbocycles. The number of para-hydroxylation sites is 4. The largest absolute Gasteiger partial charge is 0.311 e. The second-order valence-electron chi connectivity index (χ2n) is 24.7. The van der Waals surface area contributed by atoms with Crippen molar-refractivity contribution >= 4 is 101 Å². The Balaban J connectivity index is 0.906. The van der Waals surface area contributed by atoms with Crippen LogP contribution in [0.25, 0.3) is 99.5 Å². The zero-order chi connectivity index (χ0) is 58.8. The van der Waals surface area contributed by atoms with Crippen LogP contribution >= 0.6 is 0 Å². The normalized spacial score (nSPS) is 13.6. The van der Waals surface area contributed by atoms with E-state index < -0.39 is 5.41 Å². The molecule has 0 bridgehead atoms. The monoisotopic (exact) mass is 1140 g/mol. The molecular weight excluding hydrogens is 1090 g/mol. The predicted molar refractivity (Wildman–Crippen MR) is 376 cm³/mol. The molecule has 20 rings (SSSR count). The molecule has 2 aromatic heterocycles. The summed E-state index contributed by atoms with van der Waals surface area (Å²) in [5.74, 6) is 0. The van der Waals surface area contributed by atoms with Crippen molar-refractivity contribution in [2.75, 3.05) is 9.80 Å². The van der Waals surface area contributed by atoms with Crippen molar-refractivity contribution in [3.8, 4) is 55.9 Å². The molecule has 14 aromatic carbocycles. The lowest BCUT2D eigenvalue weighted by atomic mass is 9.33. The minimum Gasteiger partial charge on any atom is -0.311 e. The van der Waals surface area contributed by atoms with E-state index in [9.17, 15) is 0 Å². The molecule has 5 heteroatoms. The summed E-state index contributed by atoms with van der Waals surface area (Å²) in [4.78, 5) is 5.22.